The van der Waals surface area contributed by atoms with Crippen LogP contribution in [0.15, 0.2) is 58.1 Å². The smallest absolute Gasteiger partial charge is 0.296 e. The number of methoxy groups -OCH3 is 1. The van der Waals surface area contributed by atoms with E-state index in [1.807, 2.05) is 42.5 Å². The molecular formula is C20H14ClN3O3S. The number of hydrogen-bond acceptors (Lipinski definition) is 6. The number of thiazole rings is 1. The summed E-state index contributed by atoms with van der Waals surface area (Å²) >= 11 is 7.28. The molecule has 0 N–H and O–H groups in total. The van der Waals surface area contributed by atoms with Crippen molar-refractivity contribution in [1.82, 2.24) is 14.6 Å². The molecule has 0 fully saturated rings. The van der Waals surface area contributed by atoms with E-state index in [9.17, 15) is 9.59 Å². The van der Waals surface area contributed by atoms with Crippen LogP contribution in [0.3, 0.4) is 0 Å². The van der Waals surface area contributed by atoms with Crippen molar-refractivity contribution < 1.29 is 4.74 Å². The molecule has 0 bridgehead atoms. The standard InChI is InChI=1S/C20H14ClN3O3S/c1-27-14-7-4-5-12(9-14)10-17-19(26)24-20(28-17)22-18(25)16(23-24)11-13-6-2-3-8-15(13)21/h2-10H,11H2,1H3. The summed E-state index contributed by atoms with van der Waals surface area (Å²) in [6.07, 6.45) is 1.93. The lowest BCUT2D eigenvalue weighted by atomic mass is 10.1. The summed E-state index contributed by atoms with van der Waals surface area (Å²) < 4.78 is 6.81. The summed E-state index contributed by atoms with van der Waals surface area (Å²) in [4.78, 5) is 29.4. The van der Waals surface area contributed by atoms with E-state index < -0.39 is 5.56 Å². The zero-order valence-corrected chi connectivity index (χ0v) is 16.3. The Kier molecular flexibility index (Phi) is 4.93. The summed E-state index contributed by atoms with van der Waals surface area (Å²) in [6.45, 7) is 0. The van der Waals surface area contributed by atoms with Crippen molar-refractivity contribution in [1.29, 1.82) is 0 Å². The highest BCUT2D eigenvalue weighted by atomic mass is 35.5. The summed E-state index contributed by atoms with van der Waals surface area (Å²) in [5.41, 5.74) is 0.946. The van der Waals surface area contributed by atoms with Crippen LogP contribution in [0.25, 0.3) is 11.0 Å². The van der Waals surface area contributed by atoms with Crippen LogP contribution in [0.5, 0.6) is 5.75 Å². The van der Waals surface area contributed by atoms with Crippen molar-refractivity contribution in [3.8, 4) is 5.75 Å². The Bertz CT molecular complexity index is 1350. The maximum atomic E-state index is 12.8. The van der Waals surface area contributed by atoms with Crippen molar-refractivity contribution in [2.75, 3.05) is 7.11 Å². The first-order valence-corrected chi connectivity index (χ1v) is 9.56. The minimum atomic E-state index is -0.464. The SMILES string of the molecule is COc1cccc(C=c2sc3nc(=O)c(Cc4ccccc4Cl)nn3c2=O)c1. The van der Waals surface area contributed by atoms with E-state index >= 15 is 0 Å². The van der Waals surface area contributed by atoms with E-state index in [0.29, 0.717) is 15.3 Å². The van der Waals surface area contributed by atoms with Gasteiger partial charge in [-0.3, -0.25) is 9.59 Å². The first-order chi connectivity index (χ1) is 13.5. The number of fused-ring (bicyclic) bond motifs is 1. The van der Waals surface area contributed by atoms with Crippen LogP contribution >= 0.6 is 22.9 Å². The average Bonchev–Trinajstić information content (AvgIpc) is 2.98. The second-order valence-electron chi connectivity index (χ2n) is 6.02. The molecule has 0 saturated heterocycles. The summed E-state index contributed by atoms with van der Waals surface area (Å²) in [5.74, 6) is 0.690. The predicted octanol–water partition coefficient (Wildman–Crippen LogP) is 2.31. The van der Waals surface area contributed by atoms with E-state index in [4.69, 9.17) is 16.3 Å². The first-order valence-electron chi connectivity index (χ1n) is 8.37. The number of rotatable bonds is 4. The van der Waals surface area contributed by atoms with E-state index in [2.05, 4.69) is 10.1 Å². The summed E-state index contributed by atoms with van der Waals surface area (Å²) in [5, 5.41) is 4.78. The second-order valence-corrected chi connectivity index (χ2v) is 7.43. The zero-order valence-electron chi connectivity index (χ0n) is 14.8. The van der Waals surface area contributed by atoms with Gasteiger partial charge in [-0.05, 0) is 35.4 Å². The van der Waals surface area contributed by atoms with Crippen molar-refractivity contribution in [3.05, 3.63) is 95.6 Å². The molecule has 2 aromatic heterocycles. The Morgan fingerprint density at radius 2 is 2.00 bits per heavy atom. The van der Waals surface area contributed by atoms with Crippen molar-refractivity contribution in [2.45, 2.75) is 6.42 Å². The second kappa shape index (κ2) is 7.53. The molecule has 0 aliphatic heterocycles. The first kappa shape index (κ1) is 18.3. The maximum Gasteiger partial charge on any atom is 0.296 e. The molecule has 0 radical (unpaired) electrons. The molecule has 0 atom stereocenters. The minimum absolute atomic E-state index is 0.174. The molecule has 2 heterocycles. The fraction of sp³-hybridized carbons (Fsp3) is 0.100. The molecule has 0 aliphatic carbocycles. The van der Waals surface area contributed by atoms with E-state index in [1.54, 1.807) is 19.3 Å². The van der Waals surface area contributed by atoms with Gasteiger partial charge in [-0.2, -0.15) is 14.6 Å². The molecule has 28 heavy (non-hydrogen) atoms. The van der Waals surface area contributed by atoms with E-state index in [-0.39, 0.29) is 22.6 Å². The normalized spacial score (nSPS) is 11.9. The number of halogens is 1. The third kappa shape index (κ3) is 3.54. The lowest BCUT2D eigenvalue weighted by Crippen LogP contribution is -2.28. The average molecular weight is 412 g/mol. The topological polar surface area (TPSA) is 73.6 Å². The third-order valence-corrected chi connectivity index (χ3v) is 5.49. The Morgan fingerprint density at radius 3 is 2.79 bits per heavy atom. The molecule has 0 unspecified atom stereocenters. The van der Waals surface area contributed by atoms with Gasteiger partial charge in [0.05, 0.1) is 11.6 Å². The van der Waals surface area contributed by atoms with Gasteiger partial charge in [-0.15, -0.1) is 0 Å². The monoisotopic (exact) mass is 411 g/mol. The van der Waals surface area contributed by atoms with Crippen LogP contribution in [-0.4, -0.2) is 21.7 Å². The Labute approximate surface area is 168 Å². The Balaban J connectivity index is 1.81. The Hall–Kier alpha value is -3.03. The predicted molar refractivity (Wildman–Crippen MR) is 109 cm³/mol. The number of ether oxygens (including phenoxy) is 1. The number of aromatic nitrogens is 3. The van der Waals surface area contributed by atoms with Crippen molar-refractivity contribution >= 4 is 34.0 Å². The fourth-order valence-electron chi connectivity index (χ4n) is 2.76. The molecule has 6 nitrogen and oxygen atoms in total. The van der Waals surface area contributed by atoms with Crippen LogP contribution in [0.2, 0.25) is 5.02 Å². The molecule has 0 saturated carbocycles. The van der Waals surface area contributed by atoms with E-state index in [0.717, 1.165) is 22.5 Å². The minimum Gasteiger partial charge on any atom is -0.497 e. The van der Waals surface area contributed by atoms with Crippen molar-refractivity contribution in [3.63, 3.8) is 0 Å². The molecule has 0 amide bonds. The highest BCUT2D eigenvalue weighted by molar-refractivity contribution is 7.15. The molecule has 4 aromatic rings. The van der Waals surface area contributed by atoms with E-state index in [1.165, 1.54) is 4.52 Å². The maximum absolute atomic E-state index is 12.8. The summed E-state index contributed by atoms with van der Waals surface area (Å²) in [7, 11) is 1.58. The van der Waals surface area contributed by atoms with Crippen molar-refractivity contribution in [2.24, 2.45) is 0 Å². The van der Waals surface area contributed by atoms with Gasteiger partial charge in [0.1, 0.15) is 11.4 Å². The third-order valence-electron chi connectivity index (χ3n) is 4.16. The lowest BCUT2D eigenvalue weighted by molar-refractivity contribution is 0.414. The molecule has 0 aliphatic rings. The largest absolute Gasteiger partial charge is 0.497 e. The fourth-order valence-corrected chi connectivity index (χ4v) is 3.86. The highest BCUT2D eigenvalue weighted by Gasteiger charge is 2.13. The highest BCUT2D eigenvalue weighted by Crippen LogP contribution is 2.17. The molecule has 8 heteroatoms. The molecule has 2 aromatic carbocycles. The Morgan fingerprint density at radius 1 is 1.18 bits per heavy atom. The molecule has 140 valence electrons. The van der Waals surface area contributed by atoms with Gasteiger partial charge >= 0.3 is 0 Å². The van der Waals surface area contributed by atoms with Crippen LogP contribution < -0.4 is 20.4 Å². The number of hydrogen-bond donors (Lipinski definition) is 0. The van der Waals surface area contributed by atoms with Gasteiger partial charge in [-0.1, -0.05) is 53.3 Å². The van der Waals surface area contributed by atoms with Gasteiger partial charge in [-0.25, -0.2) is 0 Å². The van der Waals surface area contributed by atoms with Gasteiger partial charge in [0.2, 0.25) is 4.96 Å². The van der Waals surface area contributed by atoms with Gasteiger partial charge in [0.15, 0.2) is 0 Å². The summed E-state index contributed by atoms with van der Waals surface area (Å²) in [6, 6.07) is 14.5. The number of benzene rings is 2. The van der Waals surface area contributed by atoms with Crippen LogP contribution in [0.1, 0.15) is 16.8 Å². The molecule has 0 spiro atoms. The van der Waals surface area contributed by atoms with Crippen LogP contribution in [-0.2, 0) is 6.42 Å². The lowest BCUT2D eigenvalue weighted by Gasteiger charge is -2.02. The zero-order chi connectivity index (χ0) is 19.7. The quantitative estimate of drug-likeness (QED) is 0.515. The van der Waals surface area contributed by atoms with Gasteiger partial charge in [0, 0.05) is 11.4 Å². The van der Waals surface area contributed by atoms with Crippen LogP contribution in [0, 0.1) is 0 Å². The number of nitrogens with zero attached hydrogens (tertiary/aromatic N) is 3. The molecular weight excluding hydrogens is 398 g/mol. The molecule has 4 rings (SSSR count). The van der Waals surface area contributed by atoms with Gasteiger partial charge in [0.25, 0.3) is 11.1 Å². The van der Waals surface area contributed by atoms with Gasteiger partial charge < -0.3 is 4.74 Å². The van der Waals surface area contributed by atoms with Crippen LogP contribution in [0.4, 0.5) is 0 Å².